The molecular weight excluding hydrogens is 402 g/mol. The van der Waals surface area contributed by atoms with Gasteiger partial charge in [-0.2, -0.15) is 0 Å². The predicted molar refractivity (Wildman–Crippen MR) is 131 cm³/mol. The Morgan fingerprint density at radius 3 is 2.25 bits per heavy atom. The lowest BCUT2D eigenvalue weighted by Gasteiger charge is -2.14. The molecule has 0 spiro atoms. The van der Waals surface area contributed by atoms with Crippen molar-refractivity contribution in [3.05, 3.63) is 71.3 Å². The number of rotatable bonds is 15. The van der Waals surface area contributed by atoms with Crippen LogP contribution in [0.1, 0.15) is 49.3 Å². The minimum absolute atomic E-state index is 0.452. The molecule has 0 saturated heterocycles. The smallest absolute Gasteiger partial charge is 0.125 e. The Labute approximate surface area is 193 Å². The molecule has 5 heteroatoms. The van der Waals surface area contributed by atoms with Crippen molar-refractivity contribution in [2.24, 2.45) is 5.16 Å². The molecular formula is C27H37NO4. The van der Waals surface area contributed by atoms with Crippen molar-refractivity contribution in [2.75, 3.05) is 33.5 Å². The molecule has 5 nitrogen and oxygen atoms in total. The minimum atomic E-state index is 0.452. The summed E-state index contributed by atoms with van der Waals surface area (Å²) in [5.41, 5.74) is 4.06. The normalized spacial score (nSPS) is 11.7. The minimum Gasteiger partial charge on any atom is -0.493 e. The monoisotopic (exact) mass is 439 g/mol. The van der Waals surface area contributed by atoms with E-state index in [0.717, 1.165) is 66.2 Å². The van der Waals surface area contributed by atoms with E-state index in [1.165, 1.54) is 0 Å². The van der Waals surface area contributed by atoms with Crippen LogP contribution in [0.25, 0.3) is 0 Å². The van der Waals surface area contributed by atoms with Crippen molar-refractivity contribution in [2.45, 2.75) is 46.5 Å². The Morgan fingerprint density at radius 1 is 0.906 bits per heavy atom. The van der Waals surface area contributed by atoms with Gasteiger partial charge in [-0.25, -0.2) is 0 Å². The molecule has 0 aliphatic rings. The van der Waals surface area contributed by atoms with Gasteiger partial charge in [0, 0.05) is 12.2 Å². The van der Waals surface area contributed by atoms with E-state index in [0.29, 0.717) is 19.8 Å². The van der Waals surface area contributed by atoms with Crippen LogP contribution < -0.4 is 9.47 Å². The van der Waals surface area contributed by atoms with Gasteiger partial charge in [0.25, 0.3) is 0 Å². The maximum atomic E-state index is 6.05. The largest absolute Gasteiger partial charge is 0.493 e. The van der Waals surface area contributed by atoms with E-state index in [1.54, 1.807) is 7.11 Å². The van der Waals surface area contributed by atoms with Crippen LogP contribution in [-0.4, -0.2) is 39.2 Å². The summed E-state index contributed by atoms with van der Waals surface area (Å²) in [5, 5.41) is 4.08. The van der Waals surface area contributed by atoms with Crippen molar-refractivity contribution in [1.82, 2.24) is 0 Å². The molecule has 0 atom stereocenters. The lowest BCUT2D eigenvalue weighted by atomic mass is 10.1. The molecule has 2 aromatic rings. The fourth-order valence-corrected chi connectivity index (χ4v) is 3.37. The highest BCUT2D eigenvalue weighted by molar-refractivity contribution is 6.01. The quantitative estimate of drug-likeness (QED) is 0.142. The van der Waals surface area contributed by atoms with Crippen LogP contribution in [0.4, 0.5) is 0 Å². The lowest BCUT2D eigenvalue weighted by Crippen LogP contribution is -2.11. The van der Waals surface area contributed by atoms with E-state index in [2.05, 4.69) is 19.0 Å². The van der Waals surface area contributed by atoms with Gasteiger partial charge in [-0.3, -0.25) is 0 Å². The van der Waals surface area contributed by atoms with Gasteiger partial charge < -0.3 is 19.0 Å². The zero-order valence-electron chi connectivity index (χ0n) is 19.9. The molecule has 0 fully saturated rings. The summed E-state index contributed by atoms with van der Waals surface area (Å²) in [7, 11) is 1.56. The lowest BCUT2D eigenvalue weighted by molar-refractivity contribution is 0.158. The van der Waals surface area contributed by atoms with E-state index >= 15 is 0 Å². The number of oxime groups is 1. The summed E-state index contributed by atoms with van der Waals surface area (Å²) in [6, 6.07) is 14.1. The zero-order chi connectivity index (χ0) is 23.0. The average molecular weight is 440 g/mol. The second kappa shape index (κ2) is 15.1. The van der Waals surface area contributed by atoms with Crippen molar-refractivity contribution in [3.63, 3.8) is 0 Å². The topological polar surface area (TPSA) is 49.3 Å². The van der Waals surface area contributed by atoms with Crippen molar-refractivity contribution >= 4 is 5.71 Å². The van der Waals surface area contributed by atoms with Crippen LogP contribution in [0.15, 0.2) is 59.8 Å². The van der Waals surface area contributed by atoms with Crippen molar-refractivity contribution in [3.8, 4) is 11.5 Å². The van der Waals surface area contributed by atoms with Crippen molar-refractivity contribution in [1.29, 1.82) is 0 Å². The number of benzene rings is 2. The molecule has 0 saturated carbocycles. The number of aryl methyl sites for hydroxylation is 2. The van der Waals surface area contributed by atoms with Crippen LogP contribution in [0.3, 0.4) is 0 Å². The molecule has 0 heterocycles. The molecule has 32 heavy (non-hydrogen) atoms. The van der Waals surface area contributed by atoms with Crippen molar-refractivity contribution < 1.29 is 19.0 Å². The van der Waals surface area contributed by atoms with E-state index in [4.69, 9.17) is 19.0 Å². The Kier molecular flexibility index (Phi) is 12.0. The molecule has 2 rings (SSSR count). The van der Waals surface area contributed by atoms with Gasteiger partial charge in [0.05, 0.1) is 13.2 Å². The molecule has 0 amide bonds. The maximum absolute atomic E-state index is 6.05. The first-order valence-corrected chi connectivity index (χ1v) is 11.4. The second-order valence-corrected chi connectivity index (χ2v) is 7.67. The highest BCUT2D eigenvalue weighted by Crippen LogP contribution is 2.28. The first-order chi connectivity index (χ1) is 15.7. The average Bonchev–Trinajstić information content (AvgIpc) is 2.79. The molecule has 0 aromatic heterocycles. The van der Waals surface area contributed by atoms with E-state index in [1.807, 2.05) is 61.5 Å². The SMILES string of the molecule is C/C=C/COc1cc(C)c(OCCCCCCOC/C(=N/OC)c2ccccc2)c(C)c1. The number of hydrogen-bond acceptors (Lipinski definition) is 5. The Bertz CT molecular complexity index is 823. The molecule has 0 aliphatic heterocycles. The summed E-state index contributed by atoms with van der Waals surface area (Å²) >= 11 is 0. The Balaban J connectivity index is 1.61. The standard InChI is InChI=1S/C27H37NO4/c1-5-6-17-31-25-19-22(2)27(23(3)20-25)32-18-13-8-7-12-16-30-21-26(28-29-4)24-14-10-9-11-15-24/h5-6,9-11,14-15,19-20H,7-8,12-13,16-18,21H2,1-4H3/b6-5+,28-26-. The molecule has 0 radical (unpaired) electrons. The number of allylic oxidation sites excluding steroid dienone is 1. The summed E-state index contributed by atoms with van der Waals surface area (Å²) < 4.78 is 17.6. The van der Waals surface area contributed by atoms with Gasteiger partial charge >= 0.3 is 0 Å². The van der Waals surface area contributed by atoms with Gasteiger partial charge in [-0.15, -0.1) is 0 Å². The molecule has 2 aromatic carbocycles. The van der Waals surface area contributed by atoms with Crippen LogP contribution in [0, 0.1) is 13.8 Å². The third-order valence-corrected chi connectivity index (χ3v) is 4.99. The van der Waals surface area contributed by atoms with Gasteiger partial charge in [0.15, 0.2) is 0 Å². The van der Waals surface area contributed by atoms with Gasteiger partial charge in [-0.1, -0.05) is 54.1 Å². The van der Waals surface area contributed by atoms with Gasteiger partial charge in [-0.05, 0) is 63.3 Å². The fourth-order valence-electron chi connectivity index (χ4n) is 3.37. The second-order valence-electron chi connectivity index (χ2n) is 7.67. The van der Waals surface area contributed by atoms with Gasteiger partial charge in [0.2, 0.25) is 0 Å². The highest BCUT2D eigenvalue weighted by Gasteiger charge is 2.07. The highest BCUT2D eigenvalue weighted by atomic mass is 16.6. The Morgan fingerprint density at radius 2 is 1.59 bits per heavy atom. The fraction of sp³-hybridized carbons (Fsp3) is 0.444. The maximum Gasteiger partial charge on any atom is 0.125 e. The van der Waals surface area contributed by atoms with Gasteiger partial charge in [0.1, 0.15) is 30.9 Å². The van der Waals surface area contributed by atoms with Crippen LogP contribution in [-0.2, 0) is 9.57 Å². The number of hydrogen-bond donors (Lipinski definition) is 0. The molecule has 0 bridgehead atoms. The summed E-state index contributed by atoms with van der Waals surface area (Å²) in [4.78, 5) is 4.95. The number of ether oxygens (including phenoxy) is 3. The Hall–Kier alpha value is -2.79. The predicted octanol–water partition coefficient (Wildman–Crippen LogP) is 6.26. The molecule has 0 aliphatic carbocycles. The summed E-state index contributed by atoms with van der Waals surface area (Å²) in [6.45, 7) is 8.60. The molecule has 174 valence electrons. The van der Waals surface area contributed by atoms with E-state index in [-0.39, 0.29) is 0 Å². The number of unbranched alkanes of at least 4 members (excludes halogenated alkanes) is 3. The number of nitrogens with zero attached hydrogens (tertiary/aromatic N) is 1. The molecule has 0 unspecified atom stereocenters. The first-order valence-electron chi connectivity index (χ1n) is 11.4. The van der Waals surface area contributed by atoms with Crippen LogP contribution >= 0.6 is 0 Å². The first kappa shape index (κ1) is 25.5. The van der Waals surface area contributed by atoms with E-state index < -0.39 is 0 Å². The zero-order valence-corrected chi connectivity index (χ0v) is 19.9. The third kappa shape index (κ3) is 9.15. The molecule has 0 N–H and O–H groups in total. The summed E-state index contributed by atoms with van der Waals surface area (Å²) in [5.74, 6) is 1.86. The summed E-state index contributed by atoms with van der Waals surface area (Å²) in [6.07, 6.45) is 8.26. The van der Waals surface area contributed by atoms with E-state index in [9.17, 15) is 0 Å². The van der Waals surface area contributed by atoms with Crippen LogP contribution in [0.2, 0.25) is 0 Å². The van der Waals surface area contributed by atoms with Crippen LogP contribution in [0.5, 0.6) is 11.5 Å². The third-order valence-electron chi connectivity index (χ3n) is 4.99.